The lowest BCUT2D eigenvalue weighted by Gasteiger charge is -2.25. The summed E-state index contributed by atoms with van der Waals surface area (Å²) in [6, 6.07) is 0. The SMILES string of the molecule is CC1CN2C=CC=CC2=C1C(C)(C)C. The lowest BCUT2D eigenvalue weighted by Crippen LogP contribution is -2.15. The Labute approximate surface area is 86.8 Å². The highest BCUT2D eigenvalue weighted by Gasteiger charge is 2.33. The summed E-state index contributed by atoms with van der Waals surface area (Å²) < 4.78 is 0. The van der Waals surface area contributed by atoms with Crippen molar-refractivity contribution in [3.8, 4) is 0 Å². The van der Waals surface area contributed by atoms with E-state index in [4.69, 9.17) is 0 Å². The van der Waals surface area contributed by atoms with Gasteiger partial charge in [0.25, 0.3) is 0 Å². The Morgan fingerprint density at radius 2 is 2.00 bits per heavy atom. The summed E-state index contributed by atoms with van der Waals surface area (Å²) in [5.41, 5.74) is 3.31. The second kappa shape index (κ2) is 3.01. The molecule has 0 saturated carbocycles. The van der Waals surface area contributed by atoms with Gasteiger partial charge in [0.1, 0.15) is 0 Å². The average Bonchev–Trinajstić information content (AvgIpc) is 2.38. The topological polar surface area (TPSA) is 3.24 Å². The molecule has 2 aliphatic rings. The van der Waals surface area contributed by atoms with E-state index in [2.05, 4.69) is 57.0 Å². The predicted octanol–water partition coefficient (Wildman–Crippen LogP) is 3.32. The maximum atomic E-state index is 2.37. The maximum Gasteiger partial charge on any atom is 0.0406 e. The average molecular weight is 189 g/mol. The number of fused-ring (bicyclic) bond motifs is 1. The third-order valence-corrected chi connectivity index (χ3v) is 2.99. The Morgan fingerprint density at radius 3 is 2.64 bits per heavy atom. The van der Waals surface area contributed by atoms with Crippen molar-refractivity contribution >= 4 is 0 Å². The molecule has 0 aromatic rings. The molecule has 2 aliphatic heterocycles. The quantitative estimate of drug-likeness (QED) is 0.565. The largest absolute Gasteiger partial charge is 0.347 e. The first kappa shape index (κ1) is 9.57. The van der Waals surface area contributed by atoms with E-state index in [0.717, 1.165) is 6.54 Å². The molecule has 0 saturated heterocycles. The van der Waals surface area contributed by atoms with Gasteiger partial charge in [-0.3, -0.25) is 0 Å². The molecule has 1 atom stereocenters. The standard InChI is InChI=1S/C13H19N/c1-10-9-14-8-6-5-7-11(14)12(10)13(2,3)4/h5-8,10H,9H2,1-4H3. The molecule has 1 unspecified atom stereocenters. The van der Waals surface area contributed by atoms with Gasteiger partial charge < -0.3 is 4.90 Å². The molecule has 2 rings (SSSR count). The van der Waals surface area contributed by atoms with Crippen LogP contribution in [0.5, 0.6) is 0 Å². The fraction of sp³-hybridized carbons (Fsp3) is 0.538. The Kier molecular flexibility index (Phi) is 2.06. The van der Waals surface area contributed by atoms with Gasteiger partial charge in [-0.05, 0) is 29.1 Å². The lowest BCUT2D eigenvalue weighted by molar-refractivity contribution is 0.430. The third kappa shape index (κ3) is 1.41. The van der Waals surface area contributed by atoms with Crippen LogP contribution in [0.15, 0.2) is 35.7 Å². The molecule has 0 aliphatic carbocycles. The summed E-state index contributed by atoms with van der Waals surface area (Å²) in [5, 5.41) is 0. The fourth-order valence-corrected chi connectivity index (χ4v) is 2.64. The van der Waals surface area contributed by atoms with Crippen molar-refractivity contribution < 1.29 is 0 Å². The molecule has 0 N–H and O–H groups in total. The van der Waals surface area contributed by atoms with E-state index < -0.39 is 0 Å². The smallest absolute Gasteiger partial charge is 0.0406 e. The molecular weight excluding hydrogens is 170 g/mol. The monoisotopic (exact) mass is 189 g/mol. The first-order chi connectivity index (χ1) is 6.50. The van der Waals surface area contributed by atoms with Crippen LogP contribution in [-0.2, 0) is 0 Å². The van der Waals surface area contributed by atoms with E-state index in [1.807, 2.05) is 0 Å². The molecule has 2 heterocycles. The van der Waals surface area contributed by atoms with Gasteiger partial charge in [-0.25, -0.2) is 0 Å². The normalized spacial score (nSPS) is 26.0. The van der Waals surface area contributed by atoms with Crippen LogP contribution in [0.2, 0.25) is 0 Å². The third-order valence-electron chi connectivity index (χ3n) is 2.99. The number of allylic oxidation sites excluding steroid dienone is 3. The highest BCUT2D eigenvalue weighted by molar-refractivity contribution is 5.39. The highest BCUT2D eigenvalue weighted by Crippen LogP contribution is 2.41. The maximum absolute atomic E-state index is 2.37. The van der Waals surface area contributed by atoms with Crippen LogP contribution in [0.4, 0.5) is 0 Å². The number of hydrogen-bond donors (Lipinski definition) is 0. The molecule has 0 bridgehead atoms. The van der Waals surface area contributed by atoms with Crippen LogP contribution in [-0.4, -0.2) is 11.4 Å². The van der Waals surface area contributed by atoms with Gasteiger partial charge in [-0.15, -0.1) is 0 Å². The zero-order chi connectivity index (χ0) is 10.3. The fourth-order valence-electron chi connectivity index (χ4n) is 2.64. The van der Waals surface area contributed by atoms with Crippen molar-refractivity contribution in [2.24, 2.45) is 11.3 Å². The van der Waals surface area contributed by atoms with Crippen molar-refractivity contribution in [3.05, 3.63) is 35.7 Å². The van der Waals surface area contributed by atoms with Crippen LogP contribution < -0.4 is 0 Å². The summed E-state index contributed by atoms with van der Waals surface area (Å²) >= 11 is 0. The van der Waals surface area contributed by atoms with E-state index in [1.54, 1.807) is 5.57 Å². The number of rotatable bonds is 0. The van der Waals surface area contributed by atoms with Gasteiger partial charge in [-0.1, -0.05) is 33.8 Å². The molecule has 1 nitrogen and oxygen atoms in total. The Hall–Kier alpha value is -0.980. The second-order valence-electron chi connectivity index (χ2n) is 5.30. The molecule has 76 valence electrons. The molecule has 14 heavy (non-hydrogen) atoms. The van der Waals surface area contributed by atoms with E-state index in [-0.39, 0.29) is 0 Å². The number of nitrogens with zero attached hydrogens (tertiary/aromatic N) is 1. The second-order valence-corrected chi connectivity index (χ2v) is 5.30. The summed E-state index contributed by atoms with van der Waals surface area (Å²) in [4.78, 5) is 2.37. The van der Waals surface area contributed by atoms with Crippen molar-refractivity contribution in [2.75, 3.05) is 6.54 Å². The van der Waals surface area contributed by atoms with Crippen LogP contribution in [0, 0.1) is 11.3 Å². The van der Waals surface area contributed by atoms with Crippen molar-refractivity contribution in [1.82, 2.24) is 4.90 Å². The van der Waals surface area contributed by atoms with Gasteiger partial charge in [0, 0.05) is 18.4 Å². The van der Waals surface area contributed by atoms with Crippen molar-refractivity contribution in [1.29, 1.82) is 0 Å². The van der Waals surface area contributed by atoms with Gasteiger partial charge in [0.2, 0.25) is 0 Å². The molecular formula is C13H19N. The summed E-state index contributed by atoms with van der Waals surface area (Å²) in [5.74, 6) is 0.678. The molecule has 1 heteroatoms. The van der Waals surface area contributed by atoms with Gasteiger partial charge >= 0.3 is 0 Å². The minimum Gasteiger partial charge on any atom is -0.347 e. The van der Waals surface area contributed by atoms with Crippen molar-refractivity contribution in [2.45, 2.75) is 27.7 Å². The Bertz CT molecular complexity index is 326. The first-order valence-corrected chi connectivity index (χ1v) is 5.36. The highest BCUT2D eigenvalue weighted by atomic mass is 15.1. The van der Waals surface area contributed by atoms with Gasteiger partial charge in [-0.2, -0.15) is 0 Å². The van der Waals surface area contributed by atoms with Crippen LogP contribution in [0.1, 0.15) is 27.7 Å². The van der Waals surface area contributed by atoms with Crippen LogP contribution in [0.25, 0.3) is 0 Å². The summed E-state index contributed by atoms with van der Waals surface area (Å²) in [6.45, 7) is 10.4. The summed E-state index contributed by atoms with van der Waals surface area (Å²) in [6.07, 6.45) is 8.67. The van der Waals surface area contributed by atoms with E-state index in [9.17, 15) is 0 Å². The van der Waals surface area contributed by atoms with E-state index >= 15 is 0 Å². The summed E-state index contributed by atoms with van der Waals surface area (Å²) in [7, 11) is 0. The molecule has 0 aromatic carbocycles. The zero-order valence-electron chi connectivity index (χ0n) is 9.54. The predicted molar refractivity (Wildman–Crippen MR) is 60.6 cm³/mol. The van der Waals surface area contributed by atoms with Crippen LogP contribution >= 0.6 is 0 Å². The molecule has 0 fully saturated rings. The van der Waals surface area contributed by atoms with Crippen molar-refractivity contribution in [3.63, 3.8) is 0 Å². The molecule has 0 amide bonds. The first-order valence-electron chi connectivity index (χ1n) is 5.36. The molecule has 0 radical (unpaired) electrons. The zero-order valence-corrected chi connectivity index (χ0v) is 9.54. The Morgan fingerprint density at radius 1 is 1.29 bits per heavy atom. The minimum atomic E-state index is 0.291. The van der Waals surface area contributed by atoms with Crippen LogP contribution in [0.3, 0.4) is 0 Å². The van der Waals surface area contributed by atoms with E-state index in [0.29, 0.717) is 11.3 Å². The Balaban J connectivity index is 2.46. The van der Waals surface area contributed by atoms with Gasteiger partial charge in [0.05, 0.1) is 0 Å². The van der Waals surface area contributed by atoms with Gasteiger partial charge in [0.15, 0.2) is 0 Å². The van der Waals surface area contributed by atoms with E-state index in [1.165, 1.54) is 5.70 Å². The minimum absolute atomic E-state index is 0.291. The molecule has 0 aromatic heterocycles. The number of hydrogen-bond acceptors (Lipinski definition) is 1. The lowest BCUT2D eigenvalue weighted by atomic mass is 9.80. The molecule has 0 spiro atoms.